The minimum absolute atomic E-state index is 0.740. The van der Waals surface area contributed by atoms with E-state index in [1.165, 1.54) is 17.7 Å². The number of hydrogen-bond donors (Lipinski definition) is 1. The van der Waals surface area contributed by atoms with E-state index >= 15 is 0 Å². The number of nitrogens with one attached hydrogen (secondary N) is 1. The van der Waals surface area contributed by atoms with E-state index in [1.807, 2.05) is 0 Å². The van der Waals surface area contributed by atoms with Crippen LogP contribution in [0.2, 0.25) is 0 Å². The van der Waals surface area contributed by atoms with Crippen molar-refractivity contribution >= 4 is 27.4 Å². The highest BCUT2D eigenvalue weighted by Gasteiger charge is 2.27. The quantitative estimate of drug-likeness (QED) is 0.899. The maximum Gasteiger partial charge on any atom is 0.150 e. The molecule has 1 atom stereocenters. The molecule has 2 aliphatic rings. The molecule has 0 bridgehead atoms. The molecular formula is C14H19N5S. The predicted molar refractivity (Wildman–Crippen MR) is 82.5 cm³/mol. The van der Waals surface area contributed by atoms with Gasteiger partial charge in [-0.05, 0) is 24.4 Å². The number of nitrogens with zero attached hydrogens (tertiary/aromatic N) is 4. The predicted octanol–water partition coefficient (Wildman–Crippen LogP) is 1.18. The molecule has 0 amide bonds. The van der Waals surface area contributed by atoms with Crippen molar-refractivity contribution in [3.63, 3.8) is 0 Å². The molecule has 4 heterocycles. The molecule has 2 aromatic heterocycles. The van der Waals surface area contributed by atoms with Crippen molar-refractivity contribution in [2.75, 3.05) is 44.2 Å². The number of anilines is 1. The van der Waals surface area contributed by atoms with Crippen LogP contribution in [0.1, 0.15) is 6.42 Å². The molecule has 1 unspecified atom stereocenters. The summed E-state index contributed by atoms with van der Waals surface area (Å²) in [6.45, 7) is 6.75. The van der Waals surface area contributed by atoms with Crippen LogP contribution in [0.4, 0.5) is 5.82 Å². The Hall–Kier alpha value is -1.24. The third kappa shape index (κ3) is 2.17. The van der Waals surface area contributed by atoms with Gasteiger partial charge in [0.05, 0.1) is 10.2 Å². The van der Waals surface area contributed by atoms with Crippen LogP contribution >= 0.6 is 11.3 Å². The number of rotatable bonds is 2. The summed E-state index contributed by atoms with van der Waals surface area (Å²) in [5.74, 6) is 1.12. The van der Waals surface area contributed by atoms with E-state index in [4.69, 9.17) is 0 Å². The van der Waals surface area contributed by atoms with Crippen molar-refractivity contribution in [1.29, 1.82) is 0 Å². The lowest BCUT2D eigenvalue weighted by Gasteiger charge is -2.38. The number of thiophene rings is 1. The zero-order chi connectivity index (χ0) is 13.4. The first-order valence-corrected chi connectivity index (χ1v) is 8.18. The molecule has 0 radical (unpaired) electrons. The van der Waals surface area contributed by atoms with Crippen LogP contribution in [0, 0.1) is 0 Å². The number of hydrogen-bond acceptors (Lipinski definition) is 6. The monoisotopic (exact) mass is 289 g/mol. The number of fused-ring (bicyclic) bond motifs is 1. The topological polar surface area (TPSA) is 44.3 Å². The highest BCUT2D eigenvalue weighted by molar-refractivity contribution is 7.17. The van der Waals surface area contributed by atoms with Gasteiger partial charge < -0.3 is 10.2 Å². The fourth-order valence-corrected chi connectivity index (χ4v) is 4.11. The van der Waals surface area contributed by atoms with Gasteiger partial charge in [-0.1, -0.05) is 0 Å². The Labute approximate surface area is 122 Å². The molecule has 0 spiro atoms. The first kappa shape index (κ1) is 12.5. The van der Waals surface area contributed by atoms with Gasteiger partial charge >= 0.3 is 0 Å². The smallest absolute Gasteiger partial charge is 0.150 e. The minimum Gasteiger partial charge on any atom is -0.353 e. The molecule has 20 heavy (non-hydrogen) atoms. The maximum atomic E-state index is 4.52. The highest BCUT2D eigenvalue weighted by atomic mass is 32.1. The molecule has 5 nitrogen and oxygen atoms in total. The van der Waals surface area contributed by atoms with E-state index in [0.29, 0.717) is 0 Å². The van der Waals surface area contributed by atoms with E-state index in [-0.39, 0.29) is 0 Å². The molecule has 4 rings (SSSR count). The van der Waals surface area contributed by atoms with Crippen LogP contribution in [-0.2, 0) is 0 Å². The van der Waals surface area contributed by atoms with Gasteiger partial charge in [-0.3, -0.25) is 4.90 Å². The lowest BCUT2D eigenvalue weighted by molar-refractivity contribution is 0.196. The average molecular weight is 289 g/mol. The van der Waals surface area contributed by atoms with Gasteiger partial charge in [0.15, 0.2) is 0 Å². The van der Waals surface area contributed by atoms with Gasteiger partial charge in [-0.15, -0.1) is 11.3 Å². The third-order valence-electron chi connectivity index (χ3n) is 4.39. The van der Waals surface area contributed by atoms with Gasteiger partial charge in [0, 0.05) is 38.8 Å². The van der Waals surface area contributed by atoms with E-state index in [2.05, 4.69) is 36.5 Å². The summed E-state index contributed by atoms with van der Waals surface area (Å²) in [6, 6.07) is 2.82. The molecule has 1 N–H and O–H groups in total. The third-order valence-corrected chi connectivity index (χ3v) is 5.29. The largest absolute Gasteiger partial charge is 0.353 e. The summed E-state index contributed by atoms with van der Waals surface area (Å²) in [6.07, 6.45) is 2.99. The first-order valence-electron chi connectivity index (χ1n) is 7.30. The lowest BCUT2D eigenvalue weighted by Crippen LogP contribution is -2.51. The summed E-state index contributed by atoms with van der Waals surface area (Å²) in [5, 5.41) is 5.56. The maximum absolute atomic E-state index is 4.52. The van der Waals surface area contributed by atoms with E-state index in [9.17, 15) is 0 Å². The van der Waals surface area contributed by atoms with Crippen LogP contribution in [0.25, 0.3) is 10.2 Å². The Kier molecular flexibility index (Phi) is 3.29. The van der Waals surface area contributed by atoms with Crippen LogP contribution in [-0.4, -0.2) is 60.2 Å². The Morgan fingerprint density at radius 2 is 2.10 bits per heavy atom. The van der Waals surface area contributed by atoms with Crippen molar-refractivity contribution in [3.8, 4) is 0 Å². The Morgan fingerprint density at radius 1 is 1.20 bits per heavy atom. The van der Waals surface area contributed by atoms with Gasteiger partial charge in [0.1, 0.15) is 12.1 Å². The van der Waals surface area contributed by atoms with E-state index in [1.54, 1.807) is 17.7 Å². The zero-order valence-electron chi connectivity index (χ0n) is 11.5. The second kappa shape index (κ2) is 5.27. The Balaban J connectivity index is 1.50. The molecule has 2 aromatic rings. The molecular weight excluding hydrogens is 270 g/mol. The molecule has 2 fully saturated rings. The summed E-state index contributed by atoms with van der Waals surface area (Å²) < 4.78 is 1.23. The molecule has 0 aromatic carbocycles. The van der Waals surface area contributed by atoms with Gasteiger partial charge in [0.25, 0.3) is 0 Å². The standard InChI is InChI=1S/C14H19N5S/c1-3-15-9-11(1)18-4-6-19(7-5-18)14-13-12(2-8-20-13)16-10-17-14/h2,8,10-11,15H,1,3-7,9H2. The Morgan fingerprint density at radius 3 is 2.90 bits per heavy atom. The lowest BCUT2D eigenvalue weighted by atomic mass is 10.2. The minimum atomic E-state index is 0.740. The Bertz CT molecular complexity index is 584. The van der Waals surface area contributed by atoms with Crippen molar-refractivity contribution in [2.45, 2.75) is 12.5 Å². The summed E-state index contributed by atoms with van der Waals surface area (Å²) in [5.41, 5.74) is 1.07. The fraction of sp³-hybridized carbons (Fsp3) is 0.571. The molecule has 0 aliphatic carbocycles. The number of aromatic nitrogens is 2. The van der Waals surface area contributed by atoms with Crippen LogP contribution in [0.3, 0.4) is 0 Å². The van der Waals surface area contributed by atoms with Crippen molar-refractivity contribution in [2.24, 2.45) is 0 Å². The van der Waals surface area contributed by atoms with Gasteiger partial charge in [-0.25, -0.2) is 9.97 Å². The number of piperazine rings is 1. The summed E-state index contributed by atoms with van der Waals surface area (Å²) >= 11 is 1.74. The second-order valence-electron chi connectivity index (χ2n) is 5.50. The van der Waals surface area contributed by atoms with E-state index < -0.39 is 0 Å². The van der Waals surface area contributed by atoms with Crippen LogP contribution in [0.5, 0.6) is 0 Å². The molecule has 2 saturated heterocycles. The van der Waals surface area contributed by atoms with Crippen LogP contribution < -0.4 is 10.2 Å². The second-order valence-corrected chi connectivity index (χ2v) is 6.42. The summed E-state index contributed by atoms with van der Waals surface area (Å²) in [7, 11) is 0. The summed E-state index contributed by atoms with van der Waals surface area (Å²) in [4.78, 5) is 13.9. The van der Waals surface area contributed by atoms with Crippen molar-refractivity contribution in [3.05, 3.63) is 17.8 Å². The average Bonchev–Trinajstić information content (AvgIpc) is 3.18. The molecule has 106 valence electrons. The van der Waals surface area contributed by atoms with Gasteiger partial charge in [-0.2, -0.15) is 0 Å². The SMILES string of the molecule is c1nc(N2CCN(C3CCNC3)CC2)c2sccc2n1. The van der Waals surface area contributed by atoms with Crippen molar-refractivity contribution in [1.82, 2.24) is 20.2 Å². The highest BCUT2D eigenvalue weighted by Crippen LogP contribution is 2.28. The van der Waals surface area contributed by atoms with Crippen molar-refractivity contribution < 1.29 is 0 Å². The fourth-order valence-electron chi connectivity index (χ4n) is 3.25. The molecule has 0 saturated carbocycles. The van der Waals surface area contributed by atoms with Gasteiger partial charge in [0.2, 0.25) is 0 Å². The van der Waals surface area contributed by atoms with Crippen LogP contribution in [0.15, 0.2) is 17.8 Å². The first-order chi connectivity index (χ1) is 9.92. The zero-order valence-corrected chi connectivity index (χ0v) is 12.3. The molecule has 6 heteroatoms. The van der Waals surface area contributed by atoms with E-state index in [0.717, 1.165) is 50.1 Å². The normalized spacial score (nSPS) is 24.6. The molecule has 2 aliphatic heterocycles.